The molecule has 158 valence electrons. The van der Waals surface area contributed by atoms with Crippen LogP contribution in [0.3, 0.4) is 0 Å². The van der Waals surface area contributed by atoms with E-state index in [1.807, 2.05) is 0 Å². The number of allylic oxidation sites excluding steroid dienone is 1. The van der Waals surface area contributed by atoms with Crippen LogP contribution in [0, 0.1) is 18.7 Å². The van der Waals surface area contributed by atoms with Crippen molar-refractivity contribution in [2.45, 2.75) is 44.3 Å². The number of nitrogens with one attached hydrogen (secondary N) is 1. The number of aliphatic imine (C=N–C) groups is 1. The lowest BCUT2D eigenvalue weighted by atomic mass is 9.96. The largest absolute Gasteiger partial charge is 0.393 e. The summed E-state index contributed by atoms with van der Waals surface area (Å²) < 4.78 is 42.8. The minimum absolute atomic E-state index is 0.0949. The van der Waals surface area contributed by atoms with Gasteiger partial charge in [-0.3, -0.25) is 4.72 Å². The molecule has 4 rings (SSSR count). The Morgan fingerprint density at radius 3 is 2.69 bits per heavy atom. The summed E-state index contributed by atoms with van der Waals surface area (Å²) in [4.78, 5) is 6.20. The molecule has 10 heteroatoms. The number of aryl methyl sites for hydroxylation is 1. The fraction of sp³-hybridized carbons (Fsp3) is 0.526. The van der Waals surface area contributed by atoms with Crippen LogP contribution in [0.15, 0.2) is 33.9 Å². The molecule has 29 heavy (non-hydrogen) atoms. The molecule has 1 saturated carbocycles. The van der Waals surface area contributed by atoms with Gasteiger partial charge in [0, 0.05) is 18.2 Å². The summed E-state index contributed by atoms with van der Waals surface area (Å²) in [7, 11) is -3.74. The number of aliphatic hydroxyl groups is 2. The number of hydrogen-bond acceptors (Lipinski definition) is 7. The molecular weight excluding hydrogens is 417 g/mol. The second-order valence-corrected chi connectivity index (χ2v) is 10.8. The van der Waals surface area contributed by atoms with E-state index < -0.39 is 39.3 Å². The average molecular weight is 442 g/mol. The van der Waals surface area contributed by atoms with Gasteiger partial charge in [0.1, 0.15) is 17.7 Å². The van der Waals surface area contributed by atoms with Crippen LogP contribution >= 0.6 is 11.8 Å². The number of rotatable bonds is 4. The molecule has 0 amide bonds. The van der Waals surface area contributed by atoms with E-state index in [9.17, 15) is 23.0 Å². The Balaban J connectivity index is 1.78. The van der Waals surface area contributed by atoms with Crippen molar-refractivity contribution in [3.8, 4) is 0 Å². The third-order valence-electron chi connectivity index (χ3n) is 5.60. The number of nitrogens with zero attached hydrogens (tertiary/aromatic N) is 2. The molecule has 1 aliphatic carbocycles. The second kappa shape index (κ2) is 7.57. The van der Waals surface area contributed by atoms with Gasteiger partial charge < -0.3 is 15.1 Å². The van der Waals surface area contributed by atoms with Crippen molar-refractivity contribution in [2.24, 2.45) is 10.9 Å². The predicted octanol–water partition coefficient (Wildman–Crippen LogP) is 1.84. The third-order valence-corrected chi connectivity index (χ3v) is 8.45. The minimum atomic E-state index is -3.74. The Hall–Kier alpha value is -1.62. The maximum absolute atomic E-state index is 14.4. The van der Waals surface area contributed by atoms with Crippen molar-refractivity contribution >= 4 is 33.2 Å². The maximum atomic E-state index is 14.4. The number of aliphatic hydroxyl groups excluding tert-OH is 2. The highest BCUT2D eigenvalue weighted by atomic mass is 32.2. The van der Waals surface area contributed by atoms with Gasteiger partial charge in [0.2, 0.25) is 10.0 Å². The van der Waals surface area contributed by atoms with Crippen molar-refractivity contribution in [3.63, 3.8) is 0 Å². The zero-order valence-corrected chi connectivity index (χ0v) is 17.8. The van der Waals surface area contributed by atoms with Gasteiger partial charge in [0.15, 0.2) is 0 Å². The van der Waals surface area contributed by atoms with Crippen LogP contribution in [0.1, 0.15) is 25.3 Å². The molecule has 7 nitrogen and oxygen atoms in total. The number of halogens is 1. The first kappa shape index (κ1) is 20.6. The smallest absolute Gasteiger partial charge is 0.235 e. The summed E-state index contributed by atoms with van der Waals surface area (Å²) >= 11 is 1.43. The van der Waals surface area contributed by atoms with E-state index in [4.69, 9.17) is 0 Å². The molecule has 2 heterocycles. The molecule has 0 radical (unpaired) electrons. The van der Waals surface area contributed by atoms with Gasteiger partial charge in [-0.05, 0) is 37.5 Å². The summed E-state index contributed by atoms with van der Waals surface area (Å²) in [6.45, 7) is 4.11. The van der Waals surface area contributed by atoms with Gasteiger partial charge in [-0.25, -0.2) is 17.8 Å². The number of benzene rings is 1. The predicted molar refractivity (Wildman–Crippen MR) is 111 cm³/mol. The van der Waals surface area contributed by atoms with E-state index in [1.165, 1.54) is 17.8 Å². The van der Waals surface area contributed by atoms with Crippen molar-refractivity contribution in [3.05, 3.63) is 40.3 Å². The Morgan fingerprint density at radius 2 is 2.03 bits per heavy atom. The average Bonchev–Trinajstić information content (AvgIpc) is 3.11. The lowest BCUT2D eigenvalue weighted by Crippen LogP contribution is -2.51. The Labute approximate surface area is 173 Å². The number of hydrogen-bond donors (Lipinski definition) is 3. The van der Waals surface area contributed by atoms with Crippen LogP contribution in [0.4, 0.5) is 10.1 Å². The van der Waals surface area contributed by atoms with Crippen LogP contribution in [0.2, 0.25) is 0 Å². The van der Waals surface area contributed by atoms with Crippen LogP contribution in [-0.2, 0) is 10.0 Å². The fourth-order valence-electron chi connectivity index (χ4n) is 3.74. The highest BCUT2D eigenvalue weighted by molar-refractivity contribution is 8.03. The Morgan fingerprint density at radius 1 is 1.31 bits per heavy atom. The van der Waals surface area contributed by atoms with E-state index in [2.05, 4.69) is 9.71 Å². The molecule has 3 aliphatic rings. The molecule has 1 saturated heterocycles. The van der Waals surface area contributed by atoms with Crippen molar-refractivity contribution in [1.29, 1.82) is 0 Å². The van der Waals surface area contributed by atoms with E-state index in [-0.39, 0.29) is 18.5 Å². The lowest BCUT2D eigenvalue weighted by Gasteiger charge is -2.39. The van der Waals surface area contributed by atoms with Crippen LogP contribution in [-0.4, -0.2) is 59.1 Å². The first-order valence-corrected chi connectivity index (χ1v) is 12.1. The van der Waals surface area contributed by atoms with Crippen molar-refractivity contribution in [1.82, 2.24) is 9.62 Å². The third kappa shape index (κ3) is 3.78. The van der Waals surface area contributed by atoms with Gasteiger partial charge in [0.05, 0.1) is 27.8 Å². The molecule has 0 aromatic heterocycles. The molecule has 0 bridgehead atoms. The normalized spacial score (nSPS) is 31.1. The highest BCUT2D eigenvalue weighted by Crippen LogP contribution is 2.40. The molecular formula is C19H24FN3O4S2. The fourth-order valence-corrected chi connectivity index (χ4v) is 6.56. The van der Waals surface area contributed by atoms with E-state index in [0.717, 1.165) is 5.56 Å². The quantitative estimate of drug-likeness (QED) is 0.659. The molecule has 1 aromatic rings. The van der Waals surface area contributed by atoms with Gasteiger partial charge >= 0.3 is 0 Å². The highest BCUT2D eigenvalue weighted by Gasteiger charge is 2.44. The lowest BCUT2D eigenvalue weighted by molar-refractivity contribution is 0.0143. The number of fused-ring (bicyclic) bond motifs is 1. The molecule has 2 fully saturated rings. The van der Waals surface area contributed by atoms with Gasteiger partial charge in [-0.15, -0.1) is 11.8 Å². The summed E-state index contributed by atoms with van der Waals surface area (Å²) in [5.74, 6) is -0.323. The van der Waals surface area contributed by atoms with Crippen molar-refractivity contribution in [2.75, 3.05) is 12.3 Å². The summed E-state index contributed by atoms with van der Waals surface area (Å²) in [6, 6.07) is 4.65. The Bertz CT molecular complexity index is 989. The molecule has 1 aromatic carbocycles. The zero-order valence-electron chi connectivity index (χ0n) is 16.2. The van der Waals surface area contributed by atoms with Crippen LogP contribution in [0.5, 0.6) is 0 Å². The van der Waals surface area contributed by atoms with Gasteiger partial charge in [0.25, 0.3) is 0 Å². The molecule has 2 unspecified atom stereocenters. The van der Waals surface area contributed by atoms with Crippen LogP contribution in [0.25, 0.3) is 0 Å². The van der Waals surface area contributed by atoms with Gasteiger partial charge in [-0.1, -0.05) is 13.0 Å². The standard InChI is InChI=1S/C19H24FN3O4S2/c1-10-3-4-15(14(20)7-10)21-16-11(2)18(25)23-5-6-28-19(23)17(16)22-29(26,27)13-8-12(24)9-13/h3-4,7,11-13,18,22,24-25H,5-6,8-9H2,1-2H3. The molecule has 2 atom stereocenters. The summed E-state index contributed by atoms with van der Waals surface area (Å²) in [5.41, 5.74) is 1.46. The van der Waals surface area contributed by atoms with Crippen LogP contribution < -0.4 is 4.72 Å². The van der Waals surface area contributed by atoms with E-state index in [1.54, 1.807) is 30.9 Å². The monoisotopic (exact) mass is 441 g/mol. The Kier molecular flexibility index (Phi) is 5.39. The van der Waals surface area contributed by atoms with E-state index in [0.29, 0.717) is 28.7 Å². The summed E-state index contributed by atoms with van der Waals surface area (Å²) in [5, 5.41) is 20.1. The van der Waals surface area contributed by atoms with Crippen molar-refractivity contribution < 1.29 is 23.0 Å². The maximum Gasteiger partial charge on any atom is 0.235 e. The van der Waals surface area contributed by atoms with E-state index >= 15 is 0 Å². The number of sulfonamides is 1. The first-order chi connectivity index (χ1) is 13.7. The second-order valence-electron chi connectivity index (χ2n) is 7.77. The number of thioether (sulfide) groups is 1. The summed E-state index contributed by atoms with van der Waals surface area (Å²) in [6.07, 6.45) is -1.10. The van der Waals surface area contributed by atoms with Gasteiger partial charge in [-0.2, -0.15) is 0 Å². The molecule has 3 N–H and O–H groups in total. The first-order valence-electron chi connectivity index (χ1n) is 9.54. The topological polar surface area (TPSA) is 102 Å². The SMILES string of the molecule is Cc1ccc(N=C2C(NS(=O)(=O)C3CC(O)C3)=C3SCCN3C(O)C2C)c(F)c1. The zero-order chi connectivity index (χ0) is 20.9. The molecule has 2 aliphatic heterocycles. The minimum Gasteiger partial charge on any atom is -0.393 e. The molecule has 0 spiro atoms.